The van der Waals surface area contributed by atoms with E-state index in [9.17, 15) is 4.79 Å². The molecule has 0 N–H and O–H groups in total. The molecule has 1 aromatic heterocycles. The molecule has 0 bridgehead atoms. The van der Waals surface area contributed by atoms with Gasteiger partial charge in [0.1, 0.15) is 0 Å². The van der Waals surface area contributed by atoms with Crippen molar-refractivity contribution in [2.75, 3.05) is 20.6 Å². The van der Waals surface area contributed by atoms with E-state index >= 15 is 0 Å². The monoisotopic (exact) mass is 323 g/mol. The van der Waals surface area contributed by atoms with Gasteiger partial charge in [0.2, 0.25) is 5.91 Å². The lowest BCUT2D eigenvalue weighted by Crippen LogP contribution is -2.37. The highest BCUT2D eigenvalue weighted by molar-refractivity contribution is 5.79. The summed E-state index contributed by atoms with van der Waals surface area (Å²) in [6.45, 7) is 4.43. The molecule has 0 radical (unpaired) electrons. The number of hydrogen-bond acceptors (Lipinski definition) is 3. The molecule has 0 aliphatic carbocycles. The molecule has 1 aliphatic rings. The first kappa shape index (κ1) is 16.7. The maximum absolute atomic E-state index is 12.6. The number of rotatable bonds is 4. The van der Waals surface area contributed by atoms with Gasteiger partial charge in [0.25, 0.3) is 0 Å². The third-order valence-electron chi connectivity index (χ3n) is 4.54. The maximum Gasteiger partial charge on any atom is 0.227 e. The van der Waals surface area contributed by atoms with Gasteiger partial charge in [-0.1, -0.05) is 29.8 Å². The number of aromatic nitrogens is 1. The first-order valence-corrected chi connectivity index (χ1v) is 8.45. The first-order valence-electron chi connectivity index (χ1n) is 8.45. The van der Waals surface area contributed by atoms with Gasteiger partial charge in [0.15, 0.2) is 0 Å². The fourth-order valence-electron chi connectivity index (χ4n) is 3.25. The van der Waals surface area contributed by atoms with Crippen molar-refractivity contribution in [1.82, 2.24) is 14.8 Å². The lowest BCUT2D eigenvalue weighted by Gasteiger charge is -2.30. The van der Waals surface area contributed by atoms with Gasteiger partial charge >= 0.3 is 0 Å². The minimum Gasteiger partial charge on any atom is -0.338 e. The van der Waals surface area contributed by atoms with E-state index in [0.29, 0.717) is 13.0 Å². The number of aryl methyl sites for hydroxylation is 1. The van der Waals surface area contributed by atoms with E-state index in [1.54, 1.807) is 0 Å². The zero-order valence-electron chi connectivity index (χ0n) is 14.7. The van der Waals surface area contributed by atoms with Crippen LogP contribution < -0.4 is 0 Å². The van der Waals surface area contributed by atoms with Crippen LogP contribution in [0.25, 0.3) is 0 Å². The zero-order chi connectivity index (χ0) is 17.1. The van der Waals surface area contributed by atoms with Gasteiger partial charge in [-0.05, 0) is 49.7 Å². The fraction of sp³-hybridized carbons (Fsp3) is 0.400. The van der Waals surface area contributed by atoms with E-state index in [4.69, 9.17) is 0 Å². The van der Waals surface area contributed by atoms with Gasteiger partial charge in [-0.15, -0.1) is 0 Å². The topological polar surface area (TPSA) is 36.4 Å². The van der Waals surface area contributed by atoms with Gasteiger partial charge in [-0.3, -0.25) is 9.78 Å². The summed E-state index contributed by atoms with van der Waals surface area (Å²) in [4.78, 5) is 21.1. The zero-order valence-corrected chi connectivity index (χ0v) is 14.7. The van der Waals surface area contributed by atoms with E-state index in [1.807, 2.05) is 29.4 Å². The van der Waals surface area contributed by atoms with Crippen molar-refractivity contribution in [2.24, 2.45) is 0 Å². The van der Waals surface area contributed by atoms with Crippen molar-refractivity contribution in [1.29, 1.82) is 0 Å². The van der Waals surface area contributed by atoms with Crippen molar-refractivity contribution in [3.8, 4) is 0 Å². The molecule has 1 aromatic carbocycles. The predicted molar refractivity (Wildman–Crippen MR) is 95.6 cm³/mol. The average Bonchev–Trinajstić information content (AvgIpc) is 2.56. The van der Waals surface area contributed by atoms with Crippen LogP contribution in [0.2, 0.25) is 0 Å². The van der Waals surface area contributed by atoms with Gasteiger partial charge in [-0.25, -0.2) is 0 Å². The number of pyridine rings is 1. The maximum atomic E-state index is 12.6. The Hall–Kier alpha value is -2.20. The second-order valence-electron chi connectivity index (χ2n) is 6.90. The molecule has 126 valence electrons. The number of hydrogen-bond donors (Lipinski definition) is 0. The van der Waals surface area contributed by atoms with Gasteiger partial charge < -0.3 is 9.80 Å². The smallest absolute Gasteiger partial charge is 0.227 e. The summed E-state index contributed by atoms with van der Waals surface area (Å²) in [5, 5.41) is 0. The van der Waals surface area contributed by atoms with Crippen LogP contribution >= 0.6 is 0 Å². The number of carbonyl (C=O) groups is 1. The van der Waals surface area contributed by atoms with Crippen LogP contribution in [0.5, 0.6) is 0 Å². The Kier molecular flexibility index (Phi) is 4.95. The largest absolute Gasteiger partial charge is 0.338 e. The van der Waals surface area contributed by atoms with Crippen LogP contribution in [-0.4, -0.2) is 41.3 Å². The third kappa shape index (κ3) is 3.82. The second kappa shape index (κ2) is 7.14. The van der Waals surface area contributed by atoms with Crippen LogP contribution in [0.15, 0.2) is 36.7 Å². The fourth-order valence-corrected chi connectivity index (χ4v) is 3.25. The number of nitrogens with zero attached hydrogens (tertiary/aromatic N) is 3. The summed E-state index contributed by atoms with van der Waals surface area (Å²) in [7, 11) is 4.14. The van der Waals surface area contributed by atoms with Gasteiger partial charge in [-0.2, -0.15) is 0 Å². The molecule has 0 fully saturated rings. The summed E-state index contributed by atoms with van der Waals surface area (Å²) < 4.78 is 0. The Bertz CT molecular complexity index is 722. The highest BCUT2D eigenvalue weighted by Crippen LogP contribution is 2.23. The summed E-state index contributed by atoms with van der Waals surface area (Å²) >= 11 is 0. The number of amides is 1. The molecule has 0 atom stereocenters. The molecule has 0 unspecified atom stereocenters. The van der Waals surface area contributed by atoms with E-state index in [2.05, 4.69) is 43.0 Å². The number of carbonyl (C=O) groups excluding carboxylic acids is 1. The molecule has 1 amide bonds. The molecule has 2 aromatic rings. The summed E-state index contributed by atoms with van der Waals surface area (Å²) in [6, 6.07) is 8.21. The SMILES string of the molecule is Cc1ccc(CC(=O)N2CCc3c(CN(C)C)cncc3C2)cc1. The minimum absolute atomic E-state index is 0.197. The van der Waals surface area contributed by atoms with Crippen molar-refractivity contribution >= 4 is 5.91 Å². The summed E-state index contributed by atoms with van der Waals surface area (Å²) in [5.41, 5.74) is 6.15. The summed E-state index contributed by atoms with van der Waals surface area (Å²) in [5.74, 6) is 0.197. The van der Waals surface area contributed by atoms with Crippen LogP contribution in [0.4, 0.5) is 0 Å². The molecular formula is C20H25N3O. The quantitative estimate of drug-likeness (QED) is 0.868. The van der Waals surface area contributed by atoms with Crippen LogP contribution in [-0.2, 0) is 30.7 Å². The van der Waals surface area contributed by atoms with Crippen LogP contribution in [0, 0.1) is 6.92 Å². The standard InChI is InChI=1S/C20H25N3O/c1-15-4-6-16(7-5-15)10-20(24)23-9-8-19-17(13-22(2)3)11-21-12-18(19)14-23/h4-7,11-12H,8-10,13-14H2,1-3H3. The van der Waals surface area contributed by atoms with Crippen molar-refractivity contribution in [3.05, 3.63) is 64.5 Å². The predicted octanol–water partition coefficient (Wildman–Crippen LogP) is 2.58. The number of fused-ring (bicyclic) bond motifs is 1. The molecular weight excluding hydrogens is 298 g/mol. The average molecular weight is 323 g/mol. The van der Waals surface area contributed by atoms with E-state index in [0.717, 1.165) is 25.1 Å². The minimum atomic E-state index is 0.197. The van der Waals surface area contributed by atoms with Gasteiger partial charge in [0, 0.05) is 32.0 Å². The molecule has 1 aliphatic heterocycles. The molecule has 24 heavy (non-hydrogen) atoms. The molecule has 0 saturated carbocycles. The van der Waals surface area contributed by atoms with Gasteiger partial charge in [0.05, 0.1) is 6.42 Å². The Balaban J connectivity index is 1.70. The third-order valence-corrected chi connectivity index (χ3v) is 4.54. The molecule has 2 heterocycles. The molecule has 4 nitrogen and oxygen atoms in total. The first-order chi connectivity index (χ1) is 11.5. The highest BCUT2D eigenvalue weighted by Gasteiger charge is 2.23. The molecule has 0 saturated heterocycles. The molecule has 4 heteroatoms. The van der Waals surface area contributed by atoms with E-state index in [-0.39, 0.29) is 5.91 Å². The summed E-state index contributed by atoms with van der Waals surface area (Å²) in [6.07, 6.45) is 5.27. The lowest BCUT2D eigenvalue weighted by atomic mass is 9.96. The Morgan fingerprint density at radius 3 is 2.67 bits per heavy atom. The van der Waals surface area contributed by atoms with Crippen LogP contribution in [0.3, 0.4) is 0 Å². The van der Waals surface area contributed by atoms with Crippen molar-refractivity contribution < 1.29 is 4.79 Å². The normalized spacial score (nSPS) is 13.9. The van der Waals surface area contributed by atoms with Crippen molar-refractivity contribution in [2.45, 2.75) is 32.9 Å². The second-order valence-corrected chi connectivity index (χ2v) is 6.90. The lowest BCUT2D eigenvalue weighted by molar-refractivity contribution is -0.131. The molecule has 0 spiro atoms. The van der Waals surface area contributed by atoms with Crippen molar-refractivity contribution in [3.63, 3.8) is 0 Å². The Morgan fingerprint density at radius 2 is 1.96 bits per heavy atom. The highest BCUT2D eigenvalue weighted by atomic mass is 16.2. The molecule has 3 rings (SSSR count). The van der Waals surface area contributed by atoms with E-state index < -0.39 is 0 Å². The van der Waals surface area contributed by atoms with E-state index in [1.165, 1.54) is 22.3 Å². The van der Waals surface area contributed by atoms with Crippen LogP contribution in [0.1, 0.15) is 27.8 Å². The Labute approximate surface area is 144 Å². The number of benzene rings is 1. The Morgan fingerprint density at radius 1 is 1.21 bits per heavy atom.